The quantitative estimate of drug-likeness (QED) is 0.737. The largest absolute Gasteiger partial charge is 0.493 e. The molecule has 0 saturated heterocycles. The molecule has 0 fully saturated rings. The van der Waals surface area contributed by atoms with Gasteiger partial charge >= 0.3 is 0 Å². The molecular formula is C11H14N4O2. The van der Waals surface area contributed by atoms with Gasteiger partial charge in [-0.25, -0.2) is 0 Å². The van der Waals surface area contributed by atoms with Gasteiger partial charge in [0.2, 0.25) is 5.78 Å². The molecule has 0 atom stereocenters. The normalized spacial score (nSPS) is 10.5. The van der Waals surface area contributed by atoms with Crippen molar-refractivity contribution in [3.05, 3.63) is 29.8 Å². The van der Waals surface area contributed by atoms with Crippen molar-refractivity contribution in [2.24, 2.45) is 7.05 Å². The number of ether oxygens (including phenoxy) is 1. The Bertz CT molecular complexity index is 520. The Morgan fingerprint density at radius 3 is 2.82 bits per heavy atom. The van der Waals surface area contributed by atoms with E-state index in [9.17, 15) is 4.79 Å². The fraction of sp³-hybridized carbons (Fsp3) is 0.364. The van der Waals surface area contributed by atoms with Crippen LogP contribution in [0.3, 0.4) is 0 Å². The van der Waals surface area contributed by atoms with Gasteiger partial charge in [-0.1, -0.05) is 0 Å². The molecule has 2 aromatic heterocycles. The van der Waals surface area contributed by atoms with Crippen LogP contribution in [0.5, 0.6) is 5.75 Å². The Hall–Kier alpha value is -2.11. The molecule has 90 valence electrons. The highest BCUT2D eigenvalue weighted by molar-refractivity contribution is 6.08. The van der Waals surface area contributed by atoms with Crippen LogP contribution in [0.1, 0.15) is 23.1 Å². The first-order valence-corrected chi connectivity index (χ1v) is 5.31. The molecule has 0 amide bonds. The van der Waals surface area contributed by atoms with Gasteiger partial charge < -0.3 is 4.74 Å². The fourth-order valence-corrected chi connectivity index (χ4v) is 1.64. The summed E-state index contributed by atoms with van der Waals surface area (Å²) in [7, 11) is 3.29. The van der Waals surface area contributed by atoms with E-state index in [4.69, 9.17) is 4.74 Å². The molecule has 0 saturated carbocycles. The molecule has 0 aliphatic heterocycles. The Morgan fingerprint density at radius 1 is 1.53 bits per heavy atom. The van der Waals surface area contributed by atoms with E-state index in [1.165, 1.54) is 7.11 Å². The van der Waals surface area contributed by atoms with Crippen LogP contribution >= 0.6 is 0 Å². The molecule has 0 unspecified atom stereocenters. The first-order chi connectivity index (χ1) is 8.17. The number of hydrogen-bond donors (Lipinski definition) is 0. The second-order valence-electron chi connectivity index (χ2n) is 3.58. The van der Waals surface area contributed by atoms with Crippen molar-refractivity contribution in [1.82, 2.24) is 19.6 Å². The van der Waals surface area contributed by atoms with Gasteiger partial charge in [0.25, 0.3) is 0 Å². The lowest BCUT2D eigenvalue weighted by Gasteiger charge is -2.04. The summed E-state index contributed by atoms with van der Waals surface area (Å²) in [5, 5.41) is 8.18. The summed E-state index contributed by atoms with van der Waals surface area (Å²) in [6.07, 6.45) is 3.27. The summed E-state index contributed by atoms with van der Waals surface area (Å²) >= 11 is 0. The number of carbonyl (C=O) groups excluding carboxylic acids is 1. The van der Waals surface area contributed by atoms with Crippen molar-refractivity contribution in [2.45, 2.75) is 13.5 Å². The van der Waals surface area contributed by atoms with E-state index >= 15 is 0 Å². The van der Waals surface area contributed by atoms with Gasteiger partial charge in [0.05, 0.1) is 13.3 Å². The number of nitrogens with zero attached hydrogens (tertiary/aromatic N) is 4. The molecule has 2 rings (SSSR count). The van der Waals surface area contributed by atoms with E-state index in [2.05, 4.69) is 10.2 Å². The molecule has 6 heteroatoms. The standard InChI is InChI=1S/C11H14N4O2/c1-4-15-10(9(17-3)7-12-15)11(16)8-5-6-14(2)13-8/h5-7H,4H2,1-3H3. The monoisotopic (exact) mass is 234 g/mol. The smallest absolute Gasteiger partial charge is 0.235 e. The van der Waals surface area contributed by atoms with Gasteiger partial charge in [-0.05, 0) is 13.0 Å². The van der Waals surface area contributed by atoms with Crippen LogP contribution in [0.15, 0.2) is 18.5 Å². The van der Waals surface area contributed by atoms with Crippen molar-refractivity contribution >= 4 is 5.78 Å². The van der Waals surface area contributed by atoms with Gasteiger partial charge in [0.1, 0.15) is 5.69 Å². The number of methoxy groups -OCH3 is 1. The Balaban J connectivity index is 2.45. The van der Waals surface area contributed by atoms with Crippen molar-refractivity contribution < 1.29 is 9.53 Å². The molecule has 0 N–H and O–H groups in total. The minimum absolute atomic E-state index is 0.179. The number of rotatable bonds is 4. The molecule has 0 radical (unpaired) electrons. The zero-order valence-electron chi connectivity index (χ0n) is 10.0. The minimum Gasteiger partial charge on any atom is -0.493 e. The van der Waals surface area contributed by atoms with Crippen LogP contribution in [0.4, 0.5) is 0 Å². The first kappa shape index (κ1) is 11.4. The van der Waals surface area contributed by atoms with E-state index in [0.29, 0.717) is 23.7 Å². The van der Waals surface area contributed by atoms with Crippen LogP contribution < -0.4 is 4.74 Å². The topological polar surface area (TPSA) is 61.9 Å². The summed E-state index contributed by atoms with van der Waals surface area (Å²) < 4.78 is 8.34. The Kier molecular flexibility index (Phi) is 2.95. The second kappa shape index (κ2) is 4.40. The highest BCUT2D eigenvalue weighted by atomic mass is 16.5. The molecule has 0 spiro atoms. The Morgan fingerprint density at radius 2 is 2.29 bits per heavy atom. The average Bonchev–Trinajstić information content (AvgIpc) is 2.93. The number of hydrogen-bond acceptors (Lipinski definition) is 4. The van der Waals surface area contributed by atoms with E-state index in [-0.39, 0.29) is 5.78 Å². The van der Waals surface area contributed by atoms with Crippen LogP contribution in [0.25, 0.3) is 0 Å². The van der Waals surface area contributed by atoms with E-state index in [0.717, 1.165) is 0 Å². The van der Waals surface area contributed by atoms with E-state index < -0.39 is 0 Å². The maximum atomic E-state index is 12.3. The second-order valence-corrected chi connectivity index (χ2v) is 3.58. The average molecular weight is 234 g/mol. The minimum atomic E-state index is -0.179. The summed E-state index contributed by atoms with van der Waals surface area (Å²) in [6, 6.07) is 1.68. The van der Waals surface area contributed by atoms with Gasteiger partial charge in [0, 0.05) is 19.8 Å². The summed E-state index contributed by atoms with van der Waals surface area (Å²) in [5.41, 5.74) is 0.828. The van der Waals surface area contributed by atoms with Gasteiger partial charge in [0.15, 0.2) is 11.4 Å². The van der Waals surface area contributed by atoms with Gasteiger partial charge in [-0.3, -0.25) is 14.2 Å². The Labute approximate surface area is 98.8 Å². The SMILES string of the molecule is CCn1ncc(OC)c1C(=O)c1ccn(C)n1. The molecule has 6 nitrogen and oxygen atoms in total. The third-order valence-electron chi connectivity index (χ3n) is 2.49. The molecular weight excluding hydrogens is 220 g/mol. The van der Waals surface area contributed by atoms with Crippen LogP contribution in [-0.4, -0.2) is 32.5 Å². The van der Waals surface area contributed by atoms with Crippen molar-refractivity contribution in [2.75, 3.05) is 7.11 Å². The molecule has 17 heavy (non-hydrogen) atoms. The van der Waals surface area contributed by atoms with Crippen molar-refractivity contribution in [3.63, 3.8) is 0 Å². The zero-order chi connectivity index (χ0) is 12.4. The third-order valence-corrected chi connectivity index (χ3v) is 2.49. The fourth-order valence-electron chi connectivity index (χ4n) is 1.64. The van der Waals surface area contributed by atoms with Crippen LogP contribution in [-0.2, 0) is 13.6 Å². The van der Waals surface area contributed by atoms with Crippen molar-refractivity contribution in [1.29, 1.82) is 0 Å². The van der Waals surface area contributed by atoms with Crippen molar-refractivity contribution in [3.8, 4) is 5.75 Å². The van der Waals surface area contributed by atoms with Crippen LogP contribution in [0.2, 0.25) is 0 Å². The molecule has 0 aliphatic carbocycles. The summed E-state index contributed by atoms with van der Waals surface area (Å²) in [5.74, 6) is 0.296. The first-order valence-electron chi connectivity index (χ1n) is 5.31. The maximum absolute atomic E-state index is 12.3. The van der Waals surface area contributed by atoms with Gasteiger partial charge in [-0.15, -0.1) is 0 Å². The van der Waals surface area contributed by atoms with Gasteiger partial charge in [-0.2, -0.15) is 10.2 Å². The predicted octanol–water partition coefficient (Wildman–Crippen LogP) is 0.876. The summed E-state index contributed by atoms with van der Waals surface area (Å²) in [4.78, 5) is 12.3. The lowest BCUT2D eigenvalue weighted by atomic mass is 10.2. The zero-order valence-corrected chi connectivity index (χ0v) is 10.0. The summed E-state index contributed by atoms with van der Waals surface area (Å²) in [6.45, 7) is 2.53. The third kappa shape index (κ3) is 1.93. The molecule has 0 aliphatic rings. The maximum Gasteiger partial charge on any atom is 0.235 e. The highest BCUT2D eigenvalue weighted by Gasteiger charge is 2.21. The highest BCUT2D eigenvalue weighted by Crippen LogP contribution is 2.20. The molecule has 2 heterocycles. The number of aromatic nitrogens is 4. The van der Waals surface area contributed by atoms with E-state index in [1.54, 1.807) is 34.9 Å². The van der Waals surface area contributed by atoms with E-state index in [1.807, 2.05) is 6.92 Å². The molecule has 0 aromatic carbocycles. The number of carbonyl (C=O) groups is 1. The number of ketones is 1. The molecule has 0 bridgehead atoms. The molecule has 2 aromatic rings. The predicted molar refractivity (Wildman–Crippen MR) is 61.1 cm³/mol. The van der Waals surface area contributed by atoms with Crippen LogP contribution in [0, 0.1) is 0 Å². The number of aryl methyl sites for hydroxylation is 2. The lowest BCUT2D eigenvalue weighted by Crippen LogP contribution is -2.12. The lowest BCUT2D eigenvalue weighted by molar-refractivity contribution is 0.102.